The Bertz CT molecular complexity index is 1680. The second-order valence-corrected chi connectivity index (χ2v) is 9.94. The van der Waals surface area contributed by atoms with Gasteiger partial charge in [0.25, 0.3) is 0 Å². The van der Waals surface area contributed by atoms with Crippen molar-refractivity contribution >= 4 is 5.70 Å². The topological polar surface area (TPSA) is 7.76 Å². The highest BCUT2D eigenvalue weighted by molar-refractivity contribution is 5.74. The summed E-state index contributed by atoms with van der Waals surface area (Å²) in [6.45, 7) is 4.40. The minimum Gasteiger partial charge on any atom is -0.190 e. The van der Waals surface area contributed by atoms with E-state index in [0.29, 0.717) is 12.0 Å². The van der Waals surface area contributed by atoms with Crippen LogP contribution < -0.4 is 9.13 Å². The van der Waals surface area contributed by atoms with E-state index in [9.17, 15) is 0 Å². The summed E-state index contributed by atoms with van der Waals surface area (Å²) in [7, 11) is 0. The SMILES string of the molecule is Cc1ccccc1-c1ccc(-c2ccccc2C)[n+](C2=CC3C2c2ccccc2-c2cccc[n+]23)c1. The van der Waals surface area contributed by atoms with Crippen molar-refractivity contribution in [1.82, 2.24) is 0 Å². The zero-order valence-corrected chi connectivity index (χ0v) is 20.6. The molecule has 0 radical (unpaired) electrons. The lowest BCUT2D eigenvalue weighted by molar-refractivity contribution is -0.715. The maximum absolute atomic E-state index is 2.45. The highest BCUT2D eigenvalue weighted by atomic mass is 15.1. The predicted octanol–water partition coefficient (Wildman–Crippen LogP) is 7.07. The Morgan fingerprint density at radius 2 is 1.25 bits per heavy atom. The molecule has 2 atom stereocenters. The Morgan fingerprint density at radius 3 is 2.03 bits per heavy atom. The molecule has 2 unspecified atom stereocenters. The molecule has 2 aromatic heterocycles. The summed E-state index contributed by atoms with van der Waals surface area (Å²) in [4.78, 5) is 0. The van der Waals surface area contributed by atoms with Crippen molar-refractivity contribution in [3.63, 3.8) is 0 Å². The first kappa shape index (κ1) is 21.0. The van der Waals surface area contributed by atoms with Gasteiger partial charge >= 0.3 is 0 Å². The first-order valence-electron chi connectivity index (χ1n) is 12.7. The number of hydrogen-bond acceptors (Lipinski definition) is 0. The lowest BCUT2D eigenvalue weighted by Crippen LogP contribution is -2.55. The summed E-state index contributed by atoms with van der Waals surface area (Å²) in [6, 6.07) is 37.7. The molecule has 2 aliphatic rings. The van der Waals surface area contributed by atoms with Crippen LogP contribution in [0.15, 0.2) is 122 Å². The van der Waals surface area contributed by atoms with Gasteiger partial charge in [0.1, 0.15) is 5.92 Å². The van der Waals surface area contributed by atoms with Gasteiger partial charge in [-0.3, -0.25) is 0 Å². The van der Waals surface area contributed by atoms with E-state index in [2.05, 4.69) is 145 Å². The summed E-state index contributed by atoms with van der Waals surface area (Å²) in [5, 5.41) is 0. The maximum Gasteiger partial charge on any atom is 0.218 e. The van der Waals surface area contributed by atoms with Gasteiger partial charge in [0.2, 0.25) is 17.1 Å². The molecule has 3 heterocycles. The molecule has 0 bridgehead atoms. The van der Waals surface area contributed by atoms with Crippen LogP contribution in [-0.4, -0.2) is 0 Å². The van der Waals surface area contributed by atoms with Crippen LogP contribution >= 0.6 is 0 Å². The Morgan fingerprint density at radius 1 is 0.583 bits per heavy atom. The van der Waals surface area contributed by atoms with Gasteiger partial charge in [-0.1, -0.05) is 60.7 Å². The fourth-order valence-corrected chi connectivity index (χ4v) is 6.04. The van der Waals surface area contributed by atoms with E-state index >= 15 is 0 Å². The van der Waals surface area contributed by atoms with Crippen molar-refractivity contribution in [1.29, 1.82) is 0 Å². The molecule has 1 aliphatic carbocycles. The molecule has 5 aromatic rings. The molecular formula is C34H28N2+2. The van der Waals surface area contributed by atoms with E-state index in [1.807, 2.05) is 0 Å². The Hall–Kier alpha value is -4.30. The third-order valence-corrected chi connectivity index (χ3v) is 7.89. The van der Waals surface area contributed by atoms with E-state index in [1.165, 1.54) is 56.0 Å². The van der Waals surface area contributed by atoms with E-state index in [1.54, 1.807) is 0 Å². The van der Waals surface area contributed by atoms with Gasteiger partial charge in [-0.15, -0.1) is 0 Å². The summed E-state index contributed by atoms with van der Waals surface area (Å²) < 4.78 is 4.90. The smallest absolute Gasteiger partial charge is 0.190 e. The summed E-state index contributed by atoms with van der Waals surface area (Å²) >= 11 is 0. The number of aromatic nitrogens is 2. The van der Waals surface area contributed by atoms with Crippen LogP contribution in [0.25, 0.3) is 39.3 Å². The number of nitrogens with zero attached hydrogens (tertiary/aromatic N) is 2. The lowest BCUT2D eigenvalue weighted by atomic mass is 9.73. The average Bonchev–Trinajstić information content (AvgIpc) is 2.89. The molecule has 0 amide bonds. The second-order valence-electron chi connectivity index (χ2n) is 9.94. The van der Waals surface area contributed by atoms with Crippen LogP contribution in [0, 0.1) is 13.8 Å². The van der Waals surface area contributed by atoms with Gasteiger partial charge < -0.3 is 0 Å². The quantitative estimate of drug-likeness (QED) is 0.252. The van der Waals surface area contributed by atoms with E-state index in [0.717, 1.165) is 0 Å². The van der Waals surface area contributed by atoms with Gasteiger partial charge in [0.15, 0.2) is 18.4 Å². The molecule has 2 nitrogen and oxygen atoms in total. The Kier molecular flexibility index (Phi) is 4.75. The van der Waals surface area contributed by atoms with Crippen LogP contribution in [0.5, 0.6) is 0 Å². The first-order chi connectivity index (χ1) is 17.7. The molecular weight excluding hydrogens is 436 g/mol. The molecule has 7 rings (SSSR count). The summed E-state index contributed by atoms with van der Waals surface area (Å²) in [5.41, 5.74) is 13.0. The van der Waals surface area contributed by atoms with Crippen LogP contribution in [0.2, 0.25) is 0 Å². The van der Waals surface area contributed by atoms with Crippen molar-refractivity contribution in [3.8, 4) is 33.6 Å². The number of benzene rings is 3. The summed E-state index contributed by atoms with van der Waals surface area (Å²) in [6.07, 6.45) is 7.03. The molecule has 2 heteroatoms. The maximum atomic E-state index is 2.45. The predicted molar refractivity (Wildman–Crippen MR) is 145 cm³/mol. The standard InChI is InChI=1S/C34H28N2/c1-23-11-3-5-13-26(23)25-18-19-31(27-14-6-4-12-24(27)2)36(22-25)33-21-32-34(33)29-16-8-7-15-28(29)30-17-9-10-20-35(30)32/h3-22,32,34H,1-2H3/q+2. The first-order valence-corrected chi connectivity index (χ1v) is 12.7. The normalized spacial score (nSPS) is 17.3. The minimum absolute atomic E-state index is 0.306. The van der Waals surface area contributed by atoms with Gasteiger partial charge in [-0.25, -0.2) is 0 Å². The van der Waals surface area contributed by atoms with Crippen molar-refractivity contribution in [2.45, 2.75) is 25.8 Å². The molecule has 36 heavy (non-hydrogen) atoms. The molecule has 0 fully saturated rings. The number of aryl methyl sites for hydroxylation is 2. The highest BCUT2D eigenvalue weighted by Gasteiger charge is 2.52. The number of allylic oxidation sites excluding steroid dienone is 2. The van der Waals surface area contributed by atoms with Crippen molar-refractivity contribution < 1.29 is 9.13 Å². The largest absolute Gasteiger partial charge is 0.218 e. The Balaban J connectivity index is 1.47. The van der Waals surface area contributed by atoms with Crippen LogP contribution in [0.3, 0.4) is 0 Å². The van der Waals surface area contributed by atoms with Gasteiger partial charge in [-0.05, 0) is 60.4 Å². The van der Waals surface area contributed by atoms with Crippen molar-refractivity contribution in [2.24, 2.45) is 0 Å². The monoisotopic (exact) mass is 464 g/mol. The van der Waals surface area contributed by atoms with Gasteiger partial charge in [0.05, 0.1) is 11.6 Å². The molecule has 1 aliphatic heterocycles. The minimum atomic E-state index is 0.306. The van der Waals surface area contributed by atoms with Crippen LogP contribution in [-0.2, 0) is 0 Å². The van der Waals surface area contributed by atoms with Crippen molar-refractivity contribution in [2.75, 3.05) is 0 Å². The molecule has 0 saturated carbocycles. The van der Waals surface area contributed by atoms with Crippen LogP contribution in [0.1, 0.15) is 28.7 Å². The second kappa shape index (κ2) is 8.13. The third kappa shape index (κ3) is 3.11. The van der Waals surface area contributed by atoms with Crippen LogP contribution in [0.4, 0.5) is 0 Å². The lowest BCUT2D eigenvalue weighted by Gasteiger charge is -2.34. The molecule has 0 saturated heterocycles. The molecule has 0 spiro atoms. The zero-order valence-electron chi connectivity index (χ0n) is 20.6. The fourth-order valence-electron chi connectivity index (χ4n) is 6.04. The average molecular weight is 465 g/mol. The van der Waals surface area contributed by atoms with E-state index < -0.39 is 0 Å². The Labute approximate surface area is 212 Å². The van der Waals surface area contributed by atoms with Gasteiger partial charge in [0, 0.05) is 29.3 Å². The molecule has 0 N–H and O–H groups in total. The fraction of sp³-hybridized carbons (Fsp3) is 0.118. The van der Waals surface area contributed by atoms with Gasteiger partial charge in [-0.2, -0.15) is 9.13 Å². The zero-order chi connectivity index (χ0) is 24.2. The third-order valence-electron chi connectivity index (χ3n) is 7.89. The summed E-state index contributed by atoms with van der Waals surface area (Å²) in [5.74, 6) is 0.306. The number of rotatable bonds is 3. The van der Waals surface area contributed by atoms with E-state index in [-0.39, 0.29) is 0 Å². The molecule has 172 valence electrons. The number of hydrogen-bond donors (Lipinski definition) is 0. The highest BCUT2D eigenvalue weighted by Crippen LogP contribution is 2.49. The number of pyridine rings is 2. The number of fused-ring (bicyclic) bond motifs is 6. The van der Waals surface area contributed by atoms with E-state index in [4.69, 9.17) is 0 Å². The van der Waals surface area contributed by atoms with Crippen molar-refractivity contribution in [3.05, 3.63) is 138 Å². The molecule has 3 aromatic carbocycles.